The van der Waals surface area contributed by atoms with Crippen LogP contribution >= 0.6 is 11.8 Å². The third-order valence-electron chi connectivity index (χ3n) is 6.95. The fourth-order valence-corrected chi connectivity index (χ4v) is 6.23. The summed E-state index contributed by atoms with van der Waals surface area (Å²) in [5, 5.41) is 7.75. The van der Waals surface area contributed by atoms with Crippen LogP contribution in [0.1, 0.15) is 29.3 Å². The lowest BCUT2D eigenvalue weighted by molar-refractivity contribution is -0.192. The van der Waals surface area contributed by atoms with Crippen LogP contribution in [-0.2, 0) is 34.4 Å². The smallest absolute Gasteiger partial charge is 0.475 e. The summed E-state index contributed by atoms with van der Waals surface area (Å²) in [4.78, 5) is 67.2. The highest BCUT2D eigenvalue weighted by molar-refractivity contribution is 8.13. The number of halogens is 3. The monoisotopic (exact) mass is 573 g/mol. The number of aliphatic imine (C=N–C) groups is 1. The van der Waals surface area contributed by atoms with E-state index >= 15 is 0 Å². The second-order valence-electron chi connectivity index (χ2n) is 8.85. The number of esters is 2. The zero-order valence-corrected chi connectivity index (χ0v) is 22.2. The molecule has 0 unspecified atom stereocenters. The summed E-state index contributed by atoms with van der Waals surface area (Å²) >= 11 is 1.44. The predicted octanol–water partition coefficient (Wildman–Crippen LogP) is 1.95. The molecule has 0 aliphatic carbocycles. The Labute approximate surface area is 225 Å². The lowest BCUT2D eigenvalue weighted by Gasteiger charge is -2.39. The van der Waals surface area contributed by atoms with E-state index < -0.39 is 41.5 Å². The number of alkyl halides is 3. The van der Waals surface area contributed by atoms with E-state index in [2.05, 4.69) is 4.99 Å². The van der Waals surface area contributed by atoms with Crippen LogP contribution in [0.2, 0.25) is 0 Å². The summed E-state index contributed by atoms with van der Waals surface area (Å²) in [6.07, 6.45) is -4.77. The molecule has 39 heavy (non-hydrogen) atoms. The van der Waals surface area contributed by atoms with Gasteiger partial charge in [-0.25, -0.2) is 14.4 Å². The quantitative estimate of drug-likeness (QED) is 0.410. The lowest BCUT2D eigenvalue weighted by Crippen LogP contribution is -2.59. The molecule has 15 heteroatoms. The van der Waals surface area contributed by atoms with Crippen molar-refractivity contribution in [1.29, 1.82) is 0 Å². The summed E-state index contributed by atoms with van der Waals surface area (Å²) in [7, 11) is 4.10. The first-order valence-electron chi connectivity index (χ1n) is 11.6. The number of carbonyl (C=O) groups is 5. The number of amides is 2. The average Bonchev–Trinajstić information content (AvgIpc) is 3.52. The van der Waals surface area contributed by atoms with E-state index in [9.17, 15) is 32.3 Å². The molecule has 4 rings (SSSR count). The first-order chi connectivity index (χ1) is 18.3. The number of rotatable bonds is 5. The highest BCUT2D eigenvalue weighted by Gasteiger charge is 2.72. The molecular formula is C24H26F3N3O8S. The van der Waals surface area contributed by atoms with Crippen LogP contribution in [-0.4, -0.2) is 95.4 Å². The molecule has 2 amide bonds. The molecule has 4 atom stereocenters. The Bertz CT molecular complexity index is 1210. The Balaban J connectivity index is 0.000000532. The van der Waals surface area contributed by atoms with Gasteiger partial charge in [-0.2, -0.15) is 13.2 Å². The van der Waals surface area contributed by atoms with Gasteiger partial charge in [0.15, 0.2) is 10.7 Å². The van der Waals surface area contributed by atoms with Crippen molar-refractivity contribution in [3.05, 3.63) is 35.4 Å². The molecule has 2 fully saturated rings. The van der Waals surface area contributed by atoms with Gasteiger partial charge in [0.2, 0.25) is 11.8 Å². The Morgan fingerprint density at radius 1 is 1.13 bits per heavy atom. The lowest BCUT2D eigenvalue weighted by atomic mass is 9.78. The third kappa shape index (κ3) is 5.18. The van der Waals surface area contributed by atoms with Gasteiger partial charge in [-0.1, -0.05) is 30.8 Å². The maximum Gasteiger partial charge on any atom is 0.490 e. The number of aliphatic carboxylic acids is 1. The molecule has 3 aliphatic rings. The minimum absolute atomic E-state index is 0.269. The van der Waals surface area contributed by atoms with Crippen LogP contribution in [0, 0.1) is 11.8 Å². The van der Waals surface area contributed by atoms with Crippen molar-refractivity contribution in [3.63, 3.8) is 0 Å². The Kier molecular flexibility index (Phi) is 8.63. The zero-order chi connectivity index (χ0) is 29.3. The number of methoxy groups -OCH3 is 2. The number of thioether (sulfide) groups is 1. The number of benzene rings is 1. The second-order valence-corrected chi connectivity index (χ2v) is 9.79. The number of likely N-dealkylation sites (tertiary alicyclic amines) is 1. The number of hydrogen-bond donors (Lipinski definition) is 1. The van der Waals surface area contributed by atoms with Crippen molar-refractivity contribution in [2.75, 3.05) is 27.8 Å². The molecule has 0 saturated carbocycles. The summed E-state index contributed by atoms with van der Waals surface area (Å²) < 4.78 is 41.6. The van der Waals surface area contributed by atoms with Gasteiger partial charge < -0.3 is 19.5 Å². The van der Waals surface area contributed by atoms with Gasteiger partial charge in [0.1, 0.15) is 0 Å². The fourth-order valence-electron chi connectivity index (χ4n) is 5.14. The normalized spacial score (nSPS) is 25.4. The number of ether oxygens (including phenoxy) is 2. The number of imide groups is 1. The number of amidine groups is 1. The third-order valence-corrected chi connectivity index (χ3v) is 8.01. The van der Waals surface area contributed by atoms with Crippen molar-refractivity contribution >= 4 is 46.7 Å². The number of carbonyl (C=O) groups excluding carboxylic acids is 4. The molecule has 0 aromatic heterocycles. The van der Waals surface area contributed by atoms with Crippen molar-refractivity contribution in [3.8, 4) is 0 Å². The molecule has 3 heterocycles. The van der Waals surface area contributed by atoms with E-state index in [0.29, 0.717) is 29.4 Å². The molecule has 11 nitrogen and oxygen atoms in total. The molecule has 1 aromatic rings. The highest BCUT2D eigenvalue weighted by atomic mass is 32.2. The Hall–Kier alpha value is -3.62. The zero-order valence-electron chi connectivity index (χ0n) is 21.4. The van der Waals surface area contributed by atoms with Gasteiger partial charge in [0, 0.05) is 12.8 Å². The molecule has 3 aliphatic heterocycles. The molecule has 1 aromatic carbocycles. The maximum atomic E-state index is 13.1. The topological polar surface area (TPSA) is 143 Å². The summed E-state index contributed by atoms with van der Waals surface area (Å²) in [5.41, 5.74) is 0.155. The molecular weight excluding hydrogens is 547 g/mol. The van der Waals surface area contributed by atoms with E-state index in [-0.39, 0.29) is 17.9 Å². The van der Waals surface area contributed by atoms with Gasteiger partial charge in [0.05, 0.1) is 44.2 Å². The summed E-state index contributed by atoms with van der Waals surface area (Å²) in [6.45, 7) is 2.18. The molecule has 0 radical (unpaired) electrons. The SMILES string of the molecule is CC[C@]1(C(=O)OC)[C@H]2C(=O)N(C)C(=O)[C@H]2[C@H]2CN=C(SCc3ccc(C(=O)OC)cc3)N21.O=C(O)C(F)(F)F. The standard InChI is InChI=1S/C22H25N3O6S.C2HF3O2/c1-5-22(20(29)31-4)16-15(17(26)24(2)18(16)27)14-10-23-21(25(14)22)32-11-12-6-8-13(9-7-12)19(28)30-3;3-2(4,5)1(6)7/h6-9,14-16H,5,10-11H2,1-4H3;(H,6,7)/t14-,15+,16-,22-;/m1./s1. The molecule has 0 bridgehead atoms. The first kappa shape index (κ1) is 29.9. The summed E-state index contributed by atoms with van der Waals surface area (Å²) in [6, 6.07) is 6.70. The van der Waals surface area contributed by atoms with Gasteiger partial charge in [-0.05, 0) is 24.1 Å². The Morgan fingerprint density at radius 2 is 1.72 bits per heavy atom. The minimum Gasteiger partial charge on any atom is -0.475 e. The molecule has 0 spiro atoms. The molecule has 2 saturated heterocycles. The van der Waals surface area contributed by atoms with Crippen LogP contribution in [0.5, 0.6) is 0 Å². The first-order valence-corrected chi connectivity index (χ1v) is 12.6. The molecule has 1 N–H and O–H groups in total. The van der Waals surface area contributed by atoms with E-state index in [1.54, 1.807) is 12.1 Å². The minimum atomic E-state index is -5.08. The maximum absolute atomic E-state index is 13.1. The number of fused-ring (bicyclic) bond motifs is 3. The van der Waals surface area contributed by atoms with Gasteiger partial charge in [-0.3, -0.25) is 19.5 Å². The number of nitrogens with zero attached hydrogens (tertiary/aromatic N) is 3. The number of hydrogen-bond acceptors (Lipinski definition) is 10. The van der Waals surface area contributed by atoms with Crippen molar-refractivity contribution in [2.45, 2.75) is 36.9 Å². The van der Waals surface area contributed by atoms with Crippen molar-refractivity contribution in [1.82, 2.24) is 9.80 Å². The number of carboxylic acid groups (broad SMARTS) is 1. The summed E-state index contributed by atoms with van der Waals surface area (Å²) in [5.74, 6) is -5.15. The van der Waals surface area contributed by atoms with Crippen LogP contribution in [0.3, 0.4) is 0 Å². The fraction of sp³-hybridized carbons (Fsp3) is 0.500. The van der Waals surface area contributed by atoms with Crippen molar-refractivity contribution in [2.24, 2.45) is 16.8 Å². The highest BCUT2D eigenvalue weighted by Crippen LogP contribution is 2.53. The van der Waals surface area contributed by atoms with Gasteiger partial charge >= 0.3 is 24.1 Å². The second kappa shape index (κ2) is 11.2. The average molecular weight is 574 g/mol. The Morgan fingerprint density at radius 3 is 2.21 bits per heavy atom. The largest absolute Gasteiger partial charge is 0.490 e. The van der Waals surface area contributed by atoms with Crippen LogP contribution in [0.15, 0.2) is 29.3 Å². The van der Waals surface area contributed by atoms with Crippen LogP contribution < -0.4 is 0 Å². The van der Waals surface area contributed by atoms with E-state index in [4.69, 9.17) is 19.4 Å². The van der Waals surface area contributed by atoms with E-state index in [0.717, 1.165) is 10.5 Å². The van der Waals surface area contributed by atoms with Gasteiger partial charge in [0.25, 0.3) is 0 Å². The van der Waals surface area contributed by atoms with Crippen LogP contribution in [0.25, 0.3) is 0 Å². The van der Waals surface area contributed by atoms with Gasteiger partial charge in [-0.15, -0.1) is 0 Å². The predicted molar refractivity (Wildman–Crippen MR) is 130 cm³/mol. The van der Waals surface area contributed by atoms with E-state index in [1.165, 1.54) is 33.0 Å². The van der Waals surface area contributed by atoms with E-state index in [1.807, 2.05) is 24.0 Å². The van der Waals surface area contributed by atoms with Crippen LogP contribution in [0.4, 0.5) is 13.2 Å². The molecule has 212 valence electrons. The van der Waals surface area contributed by atoms with Crippen molar-refractivity contribution < 1.29 is 51.7 Å². The number of carboxylic acids is 1.